The normalized spacial score (nSPS) is 22.7. The van der Waals surface area contributed by atoms with E-state index in [0.29, 0.717) is 17.9 Å². The van der Waals surface area contributed by atoms with Crippen LogP contribution in [-0.4, -0.2) is 46.6 Å². The summed E-state index contributed by atoms with van der Waals surface area (Å²) in [6.07, 6.45) is 5.44. The number of piperidine rings is 1. The molecule has 1 amide bonds. The molecule has 1 N–H and O–H groups in total. The van der Waals surface area contributed by atoms with Gasteiger partial charge in [0.05, 0.1) is 5.56 Å². The van der Waals surface area contributed by atoms with Crippen molar-refractivity contribution in [2.45, 2.75) is 37.8 Å². The fourth-order valence-electron chi connectivity index (χ4n) is 3.68. The van der Waals surface area contributed by atoms with E-state index in [1.807, 2.05) is 12.1 Å². The highest BCUT2D eigenvalue weighted by atomic mass is 16.6. The molecule has 1 saturated heterocycles. The van der Waals surface area contributed by atoms with Gasteiger partial charge in [-0.2, -0.15) is 0 Å². The van der Waals surface area contributed by atoms with Gasteiger partial charge < -0.3 is 15.0 Å². The molecule has 7 heteroatoms. The predicted molar refractivity (Wildman–Crippen MR) is 99.4 cm³/mol. The molecule has 2 aromatic rings. The minimum absolute atomic E-state index is 0.0464. The smallest absolute Gasteiger partial charge is 0.339 e. The van der Waals surface area contributed by atoms with Crippen molar-refractivity contribution in [1.82, 2.24) is 15.3 Å². The molecule has 1 aromatic heterocycles. The summed E-state index contributed by atoms with van der Waals surface area (Å²) in [7, 11) is 0. The van der Waals surface area contributed by atoms with Crippen molar-refractivity contribution in [3.63, 3.8) is 0 Å². The van der Waals surface area contributed by atoms with E-state index in [-0.39, 0.29) is 11.9 Å². The highest BCUT2D eigenvalue weighted by molar-refractivity contribution is 5.97. The molecule has 1 unspecified atom stereocenters. The second-order valence-corrected chi connectivity index (χ2v) is 7.24. The van der Waals surface area contributed by atoms with Crippen LogP contribution in [0.5, 0.6) is 0 Å². The number of cyclic esters (lactones) is 1. The zero-order chi connectivity index (χ0) is 18.9. The van der Waals surface area contributed by atoms with E-state index in [9.17, 15) is 9.59 Å². The lowest BCUT2D eigenvalue weighted by Gasteiger charge is -2.36. The van der Waals surface area contributed by atoms with Gasteiger partial charge in [0.25, 0.3) is 5.91 Å². The Kier molecular flexibility index (Phi) is 4.51. The van der Waals surface area contributed by atoms with E-state index in [2.05, 4.69) is 20.2 Å². The second-order valence-electron chi connectivity index (χ2n) is 7.24. The van der Waals surface area contributed by atoms with Gasteiger partial charge in [0, 0.05) is 37.9 Å². The van der Waals surface area contributed by atoms with Crippen LogP contribution in [0.2, 0.25) is 0 Å². The first-order valence-corrected chi connectivity index (χ1v) is 9.19. The predicted octanol–water partition coefficient (Wildman–Crippen LogP) is 1.73. The maximum atomic E-state index is 12.9. The molecule has 4 rings (SSSR count). The summed E-state index contributed by atoms with van der Waals surface area (Å²) in [6, 6.07) is 9.12. The number of ether oxygens (including phenoxy) is 1. The molecule has 0 saturated carbocycles. The zero-order valence-electron chi connectivity index (χ0n) is 15.2. The maximum absolute atomic E-state index is 12.9. The fourth-order valence-corrected chi connectivity index (χ4v) is 3.68. The highest BCUT2D eigenvalue weighted by Gasteiger charge is 2.43. The molecule has 2 aliphatic rings. The number of fused-ring (bicyclic) bond motifs is 1. The van der Waals surface area contributed by atoms with Gasteiger partial charge in [0.1, 0.15) is 0 Å². The van der Waals surface area contributed by atoms with E-state index in [4.69, 9.17) is 4.74 Å². The Morgan fingerprint density at radius 2 is 1.89 bits per heavy atom. The first-order valence-electron chi connectivity index (χ1n) is 9.19. The number of amides is 1. The molecule has 7 nitrogen and oxygen atoms in total. The lowest BCUT2D eigenvalue weighted by Crippen LogP contribution is -2.55. The summed E-state index contributed by atoms with van der Waals surface area (Å²) >= 11 is 0. The van der Waals surface area contributed by atoms with Gasteiger partial charge in [-0.15, -0.1) is 0 Å². The number of hydrogen-bond donors (Lipinski definition) is 1. The Hall–Kier alpha value is -2.96. The fraction of sp³-hybridized carbons (Fsp3) is 0.400. The van der Waals surface area contributed by atoms with Gasteiger partial charge in [-0.05, 0) is 37.5 Å². The van der Waals surface area contributed by atoms with Crippen LogP contribution in [0, 0.1) is 0 Å². The second kappa shape index (κ2) is 6.98. The van der Waals surface area contributed by atoms with E-state index >= 15 is 0 Å². The van der Waals surface area contributed by atoms with Crippen LogP contribution in [0.3, 0.4) is 0 Å². The summed E-state index contributed by atoms with van der Waals surface area (Å²) in [6.45, 7) is 3.23. The molecule has 1 aromatic carbocycles. The Bertz CT molecular complexity index is 849. The van der Waals surface area contributed by atoms with Crippen molar-refractivity contribution in [3.8, 4) is 0 Å². The first kappa shape index (κ1) is 17.5. The zero-order valence-corrected chi connectivity index (χ0v) is 15.2. The standard InChI is InChI=1S/C20H22N4O3/c1-20(13-14-5-2-3-6-16(14)17(25)27-20)18(26)23-15-7-11-24(12-8-15)19-21-9-4-10-22-19/h2-6,9-10,15H,7-8,11-13H2,1H3,(H,23,26). The SMILES string of the molecule is CC1(C(=O)NC2CCN(c3ncccn3)CC2)Cc2ccccc2C(=O)O1. The van der Waals surface area contributed by atoms with Crippen molar-refractivity contribution in [1.29, 1.82) is 0 Å². The molecular formula is C20H22N4O3. The molecule has 140 valence electrons. The Labute approximate surface area is 157 Å². The summed E-state index contributed by atoms with van der Waals surface area (Å²) in [5, 5.41) is 3.07. The number of esters is 1. The first-order chi connectivity index (χ1) is 13.0. The number of rotatable bonds is 3. The largest absolute Gasteiger partial charge is 0.445 e. The van der Waals surface area contributed by atoms with Crippen molar-refractivity contribution in [3.05, 3.63) is 53.9 Å². The van der Waals surface area contributed by atoms with Crippen LogP contribution < -0.4 is 10.2 Å². The van der Waals surface area contributed by atoms with Crippen molar-refractivity contribution in [2.75, 3.05) is 18.0 Å². The van der Waals surface area contributed by atoms with Gasteiger partial charge >= 0.3 is 5.97 Å². The topological polar surface area (TPSA) is 84.4 Å². The summed E-state index contributed by atoms with van der Waals surface area (Å²) < 4.78 is 5.51. The van der Waals surface area contributed by atoms with Gasteiger partial charge in [0.2, 0.25) is 5.95 Å². The Balaban J connectivity index is 1.38. The molecule has 0 spiro atoms. The maximum Gasteiger partial charge on any atom is 0.339 e. The lowest BCUT2D eigenvalue weighted by molar-refractivity contribution is -0.140. The summed E-state index contributed by atoms with van der Waals surface area (Å²) in [5.74, 6) is 0.0392. The number of aromatic nitrogens is 2. The molecule has 1 atom stereocenters. The minimum Gasteiger partial charge on any atom is -0.445 e. The Morgan fingerprint density at radius 3 is 2.63 bits per heavy atom. The van der Waals surface area contributed by atoms with E-state index in [1.54, 1.807) is 37.5 Å². The molecule has 0 aliphatic carbocycles. The van der Waals surface area contributed by atoms with Crippen LogP contribution >= 0.6 is 0 Å². The van der Waals surface area contributed by atoms with Crippen LogP contribution in [0.25, 0.3) is 0 Å². The third-order valence-electron chi connectivity index (χ3n) is 5.23. The third-order valence-corrected chi connectivity index (χ3v) is 5.23. The van der Waals surface area contributed by atoms with Crippen LogP contribution in [0.15, 0.2) is 42.7 Å². The molecule has 0 bridgehead atoms. The lowest BCUT2D eigenvalue weighted by atomic mass is 9.89. The number of nitrogens with one attached hydrogen (secondary N) is 1. The minimum atomic E-state index is -1.18. The molecular weight excluding hydrogens is 344 g/mol. The number of carbonyl (C=O) groups excluding carboxylic acids is 2. The number of benzene rings is 1. The van der Waals surface area contributed by atoms with E-state index < -0.39 is 11.6 Å². The van der Waals surface area contributed by atoms with Gasteiger partial charge in [-0.1, -0.05) is 18.2 Å². The highest BCUT2D eigenvalue weighted by Crippen LogP contribution is 2.28. The van der Waals surface area contributed by atoms with E-state index in [1.165, 1.54) is 0 Å². The molecule has 1 fully saturated rings. The number of anilines is 1. The van der Waals surface area contributed by atoms with Crippen LogP contribution in [0.4, 0.5) is 5.95 Å². The number of carbonyl (C=O) groups is 2. The molecule has 0 radical (unpaired) electrons. The molecule has 27 heavy (non-hydrogen) atoms. The van der Waals surface area contributed by atoms with Gasteiger partial charge in [-0.25, -0.2) is 14.8 Å². The van der Waals surface area contributed by atoms with E-state index in [0.717, 1.165) is 31.5 Å². The molecule has 3 heterocycles. The van der Waals surface area contributed by atoms with Crippen molar-refractivity contribution < 1.29 is 14.3 Å². The number of hydrogen-bond acceptors (Lipinski definition) is 6. The number of nitrogens with zero attached hydrogens (tertiary/aromatic N) is 3. The summed E-state index contributed by atoms with van der Waals surface area (Å²) in [5.41, 5.74) is 0.215. The van der Waals surface area contributed by atoms with Crippen molar-refractivity contribution in [2.24, 2.45) is 0 Å². The monoisotopic (exact) mass is 366 g/mol. The van der Waals surface area contributed by atoms with Crippen molar-refractivity contribution >= 4 is 17.8 Å². The average molecular weight is 366 g/mol. The average Bonchev–Trinajstić information content (AvgIpc) is 2.69. The van der Waals surface area contributed by atoms with Crippen LogP contribution in [0.1, 0.15) is 35.7 Å². The quantitative estimate of drug-likeness (QED) is 0.833. The van der Waals surface area contributed by atoms with Crippen LogP contribution in [-0.2, 0) is 16.0 Å². The van der Waals surface area contributed by atoms with Gasteiger partial charge in [-0.3, -0.25) is 4.79 Å². The molecule has 2 aliphatic heterocycles. The van der Waals surface area contributed by atoms with Gasteiger partial charge in [0.15, 0.2) is 5.60 Å². The summed E-state index contributed by atoms with van der Waals surface area (Å²) in [4.78, 5) is 35.8. The Morgan fingerprint density at radius 1 is 1.19 bits per heavy atom. The third kappa shape index (κ3) is 3.49.